The van der Waals surface area contributed by atoms with Gasteiger partial charge in [-0.15, -0.1) is 0 Å². The number of hydrogen-bond acceptors (Lipinski definition) is 7. The minimum absolute atomic E-state index is 0.0128. The molecule has 0 amide bonds. The molecule has 0 aromatic heterocycles. The maximum Gasteiger partial charge on any atom is 0.315 e. The molecule has 0 N–H and O–H groups in total. The van der Waals surface area contributed by atoms with Crippen LogP contribution in [0.4, 0.5) is 0 Å². The lowest BCUT2D eigenvalue weighted by molar-refractivity contribution is -0.146. The average Bonchev–Trinajstić information content (AvgIpc) is 3.02. The number of hydrogen-bond donors (Lipinski definition) is 0. The Labute approximate surface area is 247 Å². The molecule has 0 bridgehead atoms. The van der Waals surface area contributed by atoms with Crippen LogP contribution in [-0.2, 0) is 20.9 Å². The molecular formula is C35H37NO6. The number of benzene rings is 3. The first-order chi connectivity index (χ1) is 20.4. The highest BCUT2D eigenvalue weighted by atomic mass is 16.5. The Balaban J connectivity index is 1.51. The van der Waals surface area contributed by atoms with Crippen molar-refractivity contribution in [2.24, 2.45) is 10.9 Å². The third-order valence-electron chi connectivity index (χ3n) is 7.94. The monoisotopic (exact) mass is 567 g/mol. The molecule has 5 rings (SSSR count). The van der Waals surface area contributed by atoms with Gasteiger partial charge in [0, 0.05) is 29.3 Å². The van der Waals surface area contributed by atoms with Crippen LogP contribution in [0.25, 0.3) is 0 Å². The van der Waals surface area contributed by atoms with E-state index in [1.165, 1.54) is 0 Å². The summed E-state index contributed by atoms with van der Waals surface area (Å²) in [4.78, 5) is 32.3. The van der Waals surface area contributed by atoms with Crippen molar-refractivity contribution in [2.45, 2.75) is 51.6 Å². The summed E-state index contributed by atoms with van der Waals surface area (Å²) in [7, 11) is 3.20. The van der Waals surface area contributed by atoms with Gasteiger partial charge in [-0.1, -0.05) is 55.5 Å². The maximum atomic E-state index is 14.0. The second kappa shape index (κ2) is 13.1. The van der Waals surface area contributed by atoms with Gasteiger partial charge in [0.15, 0.2) is 17.3 Å². The van der Waals surface area contributed by atoms with E-state index in [-0.39, 0.29) is 17.7 Å². The molecule has 1 aliphatic carbocycles. The molecule has 1 heterocycles. The Bertz CT molecular complexity index is 1510. The zero-order valence-electron chi connectivity index (χ0n) is 24.6. The van der Waals surface area contributed by atoms with Crippen molar-refractivity contribution in [2.75, 3.05) is 20.8 Å². The molecule has 0 spiro atoms. The number of carbonyl (C=O) groups excluding carboxylic acids is 2. The molecule has 3 atom stereocenters. The summed E-state index contributed by atoms with van der Waals surface area (Å²) in [5.74, 6) is 0.277. The van der Waals surface area contributed by atoms with Crippen LogP contribution in [0, 0.1) is 5.92 Å². The standard InChI is InChI=1S/C35H37NO6/c1-5-16-41-35(38)32-22(2)36-28-18-26(24-14-15-30(39-3)31(20-24)40-4)19-29(37)34(28)33(32)25-12-9-13-27(17-25)42-21-23-10-7-6-8-11-23/h6-15,17,20,26,32-33H,5,16,18-19,21H2,1-4H3/t26-,32?,33+/m1/s1. The summed E-state index contributed by atoms with van der Waals surface area (Å²) in [6.07, 6.45) is 1.59. The lowest BCUT2D eigenvalue weighted by Crippen LogP contribution is -2.38. The Morgan fingerprint density at radius 3 is 2.43 bits per heavy atom. The summed E-state index contributed by atoms with van der Waals surface area (Å²) in [6, 6.07) is 23.4. The fourth-order valence-electron chi connectivity index (χ4n) is 5.90. The quantitative estimate of drug-likeness (QED) is 0.250. The number of Topliss-reactive ketones (excluding diaryl/α,β-unsaturated/α-hetero) is 1. The van der Waals surface area contributed by atoms with E-state index in [1.807, 2.05) is 86.6 Å². The topological polar surface area (TPSA) is 83.4 Å². The molecule has 42 heavy (non-hydrogen) atoms. The minimum Gasteiger partial charge on any atom is -0.493 e. The van der Waals surface area contributed by atoms with Gasteiger partial charge in [0.2, 0.25) is 0 Å². The first-order valence-corrected chi connectivity index (χ1v) is 14.4. The second-order valence-electron chi connectivity index (χ2n) is 10.7. The first kappa shape index (κ1) is 29.1. The van der Waals surface area contributed by atoms with E-state index in [2.05, 4.69) is 0 Å². The lowest BCUT2D eigenvalue weighted by Gasteiger charge is -2.36. The number of allylic oxidation sites excluding steroid dienone is 2. The number of ketones is 1. The summed E-state index contributed by atoms with van der Waals surface area (Å²) in [6.45, 7) is 4.54. The van der Waals surface area contributed by atoms with Gasteiger partial charge in [-0.2, -0.15) is 0 Å². The van der Waals surface area contributed by atoms with Crippen molar-refractivity contribution in [1.29, 1.82) is 0 Å². The molecule has 7 nitrogen and oxygen atoms in total. The molecule has 0 radical (unpaired) electrons. The van der Waals surface area contributed by atoms with Crippen LogP contribution >= 0.6 is 0 Å². The third-order valence-corrected chi connectivity index (χ3v) is 7.94. The minimum atomic E-state index is -0.693. The lowest BCUT2D eigenvalue weighted by atomic mass is 9.69. The number of carbonyl (C=O) groups is 2. The summed E-state index contributed by atoms with van der Waals surface area (Å²) < 4.78 is 22.7. The van der Waals surface area contributed by atoms with Crippen LogP contribution in [-0.4, -0.2) is 38.3 Å². The molecule has 7 heteroatoms. The molecule has 3 aromatic carbocycles. The molecular weight excluding hydrogens is 530 g/mol. The van der Waals surface area contributed by atoms with Gasteiger partial charge in [0.25, 0.3) is 0 Å². The summed E-state index contributed by atoms with van der Waals surface area (Å²) >= 11 is 0. The van der Waals surface area contributed by atoms with Crippen LogP contribution in [0.2, 0.25) is 0 Å². The highest BCUT2D eigenvalue weighted by Gasteiger charge is 2.45. The molecule has 0 fully saturated rings. The number of ether oxygens (including phenoxy) is 4. The van der Waals surface area contributed by atoms with Crippen molar-refractivity contribution in [3.05, 3.63) is 101 Å². The van der Waals surface area contributed by atoms with Crippen LogP contribution in [0.3, 0.4) is 0 Å². The molecule has 2 aliphatic rings. The average molecular weight is 568 g/mol. The predicted molar refractivity (Wildman–Crippen MR) is 161 cm³/mol. The van der Waals surface area contributed by atoms with Gasteiger partial charge in [0.1, 0.15) is 18.3 Å². The van der Waals surface area contributed by atoms with E-state index in [1.54, 1.807) is 14.2 Å². The predicted octanol–water partition coefficient (Wildman–Crippen LogP) is 6.81. The third kappa shape index (κ3) is 6.10. The van der Waals surface area contributed by atoms with E-state index in [4.69, 9.17) is 23.9 Å². The zero-order chi connectivity index (χ0) is 29.6. The van der Waals surface area contributed by atoms with Crippen LogP contribution < -0.4 is 14.2 Å². The number of methoxy groups -OCH3 is 2. The Morgan fingerprint density at radius 2 is 1.69 bits per heavy atom. The van der Waals surface area contributed by atoms with Crippen LogP contribution in [0.15, 0.2) is 89.1 Å². The van der Waals surface area contributed by atoms with Gasteiger partial charge in [0.05, 0.1) is 20.8 Å². The van der Waals surface area contributed by atoms with Gasteiger partial charge in [-0.25, -0.2) is 0 Å². The SMILES string of the molecule is CCCOC(=O)C1C(C)=NC2=C(C(=O)C[C@H](c3ccc(OC)c(OC)c3)C2)[C@H]1c1cccc(OCc2ccccc2)c1. The van der Waals surface area contributed by atoms with Gasteiger partial charge in [-0.3, -0.25) is 14.6 Å². The van der Waals surface area contributed by atoms with Crippen LogP contribution in [0.1, 0.15) is 61.6 Å². The first-order valence-electron chi connectivity index (χ1n) is 14.4. The van der Waals surface area contributed by atoms with Crippen molar-refractivity contribution in [3.8, 4) is 17.2 Å². The van der Waals surface area contributed by atoms with Crippen molar-refractivity contribution < 1.29 is 28.5 Å². The molecule has 3 aromatic rings. The fraction of sp³-hybridized carbons (Fsp3) is 0.343. The van der Waals surface area contributed by atoms with Crippen LogP contribution in [0.5, 0.6) is 17.2 Å². The van der Waals surface area contributed by atoms with Crippen molar-refractivity contribution >= 4 is 17.5 Å². The van der Waals surface area contributed by atoms with Gasteiger partial charge in [-0.05, 0) is 66.6 Å². The van der Waals surface area contributed by atoms with E-state index < -0.39 is 11.8 Å². The van der Waals surface area contributed by atoms with E-state index in [9.17, 15) is 9.59 Å². The van der Waals surface area contributed by atoms with E-state index >= 15 is 0 Å². The Kier molecular flexibility index (Phi) is 9.06. The molecule has 1 aliphatic heterocycles. The number of esters is 1. The smallest absolute Gasteiger partial charge is 0.315 e. The Morgan fingerprint density at radius 1 is 0.905 bits per heavy atom. The highest BCUT2D eigenvalue weighted by molar-refractivity contribution is 6.09. The maximum absolute atomic E-state index is 14.0. The van der Waals surface area contributed by atoms with E-state index in [0.717, 1.165) is 22.4 Å². The van der Waals surface area contributed by atoms with Gasteiger partial charge >= 0.3 is 5.97 Å². The molecule has 0 saturated heterocycles. The van der Waals surface area contributed by atoms with Crippen molar-refractivity contribution in [3.63, 3.8) is 0 Å². The largest absolute Gasteiger partial charge is 0.493 e. The summed E-state index contributed by atoms with van der Waals surface area (Å²) in [5, 5.41) is 0. The number of aliphatic imine (C=N–C) groups is 1. The molecule has 218 valence electrons. The van der Waals surface area contributed by atoms with Crippen molar-refractivity contribution in [1.82, 2.24) is 0 Å². The molecule has 1 unspecified atom stereocenters. The Hall–Kier alpha value is -4.39. The second-order valence-corrected chi connectivity index (χ2v) is 10.7. The van der Waals surface area contributed by atoms with Gasteiger partial charge < -0.3 is 18.9 Å². The highest BCUT2D eigenvalue weighted by Crippen LogP contribution is 2.48. The van der Waals surface area contributed by atoms with E-state index in [0.29, 0.717) is 61.0 Å². The fourth-order valence-corrected chi connectivity index (χ4v) is 5.90. The normalized spacial score (nSPS) is 20.0. The number of nitrogens with zero attached hydrogens (tertiary/aromatic N) is 1. The summed E-state index contributed by atoms with van der Waals surface area (Å²) in [5.41, 5.74) is 4.84. The molecule has 0 saturated carbocycles. The zero-order valence-corrected chi connectivity index (χ0v) is 24.6. The number of rotatable bonds is 10.